The summed E-state index contributed by atoms with van der Waals surface area (Å²) in [6.45, 7) is -0.639. The summed E-state index contributed by atoms with van der Waals surface area (Å²) >= 11 is 0. The summed E-state index contributed by atoms with van der Waals surface area (Å²) in [6, 6.07) is 1.04. The predicted molar refractivity (Wildman–Crippen MR) is 74.8 cm³/mol. The molecular weight excluding hydrogens is 374 g/mol. The van der Waals surface area contributed by atoms with Gasteiger partial charge in [-0.05, 0) is 0 Å². The number of H-pyrrole nitrogens is 1. The molecule has 0 bridgehead atoms. The number of phosphoric ester groups is 1. The highest BCUT2D eigenvalue weighted by atomic mass is 31.3. The molecule has 0 aliphatic carbocycles. The van der Waals surface area contributed by atoms with Crippen molar-refractivity contribution < 1.29 is 42.5 Å². The van der Waals surface area contributed by atoms with E-state index in [1.54, 1.807) is 0 Å². The van der Waals surface area contributed by atoms with Gasteiger partial charge in [0.2, 0.25) is 0 Å². The van der Waals surface area contributed by atoms with Crippen LogP contribution in [0, 0.1) is 0 Å². The van der Waals surface area contributed by atoms with E-state index in [1.807, 2.05) is 4.98 Å². The Morgan fingerprint density at radius 1 is 1.33 bits per heavy atom. The lowest BCUT2D eigenvalue weighted by Crippen LogP contribution is -2.34. The molecule has 4 atom stereocenters. The third-order valence-corrected chi connectivity index (χ3v) is 5.08. The molecule has 0 saturated carbocycles. The number of rotatable bonds is 6. The normalized spacial score (nSPS) is 27.1. The molecule has 0 radical (unpaired) electrons. The molecule has 1 aromatic heterocycles. The Kier molecular flexibility index (Phi) is 5.60. The molecular formula is C9H14N2O11P2. The second kappa shape index (κ2) is 7.00. The molecule has 1 aromatic rings. The number of aliphatic hydroxyl groups excluding tert-OH is 1. The topological polar surface area (TPSA) is 198 Å². The maximum Gasteiger partial charge on any atom is 0.481 e. The second-order valence-corrected chi connectivity index (χ2v) is 7.64. The molecule has 1 fully saturated rings. The van der Waals surface area contributed by atoms with Gasteiger partial charge in [-0.1, -0.05) is 0 Å². The van der Waals surface area contributed by atoms with Crippen LogP contribution in [-0.4, -0.2) is 48.2 Å². The van der Waals surface area contributed by atoms with E-state index < -0.39 is 51.9 Å². The number of hydrogen-bond donors (Lipinski definition) is 5. The van der Waals surface area contributed by atoms with E-state index in [0.29, 0.717) is 0 Å². The van der Waals surface area contributed by atoms with E-state index in [-0.39, 0.29) is 6.42 Å². The number of nitrogens with zero attached hydrogens (tertiary/aromatic N) is 1. The summed E-state index contributed by atoms with van der Waals surface area (Å²) in [4.78, 5) is 50.7. The van der Waals surface area contributed by atoms with Gasteiger partial charge in [-0.25, -0.2) is 13.9 Å². The maximum absolute atomic E-state index is 11.6. The van der Waals surface area contributed by atoms with Crippen molar-refractivity contribution in [3.8, 4) is 0 Å². The van der Waals surface area contributed by atoms with Crippen LogP contribution in [0.5, 0.6) is 0 Å². The van der Waals surface area contributed by atoms with Gasteiger partial charge in [0.05, 0.1) is 12.7 Å². The monoisotopic (exact) mass is 388 g/mol. The number of aromatic nitrogens is 2. The fraction of sp³-hybridized carbons (Fsp3) is 0.556. The van der Waals surface area contributed by atoms with E-state index in [9.17, 15) is 23.8 Å². The SMILES string of the molecule is O=c1ccn([C@H]2O[C@@H](COP(=O)(O)OP(=O)(O)O)CC2O)c(=O)[nH]1. The number of aliphatic hydroxyl groups is 1. The Morgan fingerprint density at radius 3 is 2.58 bits per heavy atom. The summed E-state index contributed by atoms with van der Waals surface area (Å²) in [5.41, 5.74) is -1.47. The van der Waals surface area contributed by atoms with E-state index in [2.05, 4.69) is 8.83 Å². The summed E-state index contributed by atoms with van der Waals surface area (Å²) in [7, 11) is -10.3. The average Bonchev–Trinajstić information content (AvgIpc) is 2.75. The molecule has 13 nitrogen and oxygen atoms in total. The lowest BCUT2D eigenvalue weighted by Gasteiger charge is -2.18. The molecule has 0 spiro atoms. The van der Waals surface area contributed by atoms with Crippen molar-refractivity contribution in [2.45, 2.75) is 24.9 Å². The average molecular weight is 388 g/mol. The first-order chi connectivity index (χ1) is 11.0. The Hall–Kier alpha value is -1.14. The number of ether oxygens (including phenoxy) is 1. The van der Waals surface area contributed by atoms with Crippen LogP contribution in [0.4, 0.5) is 0 Å². The fourth-order valence-corrected chi connectivity index (χ4v) is 3.67. The third-order valence-electron chi connectivity index (χ3n) is 2.92. The highest BCUT2D eigenvalue weighted by Crippen LogP contribution is 2.57. The summed E-state index contributed by atoms with van der Waals surface area (Å²) in [5.74, 6) is 0. The summed E-state index contributed by atoms with van der Waals surface area (Å²) < 4.78 is 36.0. The molecule has 0 aromatic carbocycles. The van der Waals surface area contributed by atoms with Gasteiger partial charge in [-0.3, -0.25) is 18.9 Å². The van der Waals surface area contributed by atoms with Gasteiger partial charge < -0.3 is 24.5 Å². The summed E-state index contributed by atoms with van der Waals surface area (Å²) in [5, 5.41) is 9.90. The lowest BCUT2D eigenvalue weighted by molar-refractivity contribution is -0.0524. The second-order valence-electron chi connectivity index (χ2n) is 4.81. The smallest absolute Gasteiger partial charge is 0.388 e. The van der Waals surface area contributed by atoms with Crippen molar-refractivity contribution in [3.05, 3.63) is 33.1 Å². The number of aromatic amines is 1. The van der Waals surface area contributed by atoms with Gasteiger partial charge in [0.1, 0.15) is 6.10 Å². The molecule has 1 saturated heterocycles. The molecule has 0 amide bonds. The molecule has 1 aliphatic heterocycles. The van der Waals surface area contributed by atoms with Gasteiger partial charge in [0.25, 0.3) is 5.56 Å². The minimum atomic E-state index is -5.24. The minimum Gasteiger partial charge on any atom is -0.388 e. The zero-order valence-electron chi connectivity index (χ0n) is 11.8. The van der Waals surface area contributed by atoms with E-state index >= 15 is 0 Å². The maximum atomic E-state index is 11.6. The zero-order valence-corrected chi connectivity index (χ0v) is 13.6. The van der Waals surface area contributed by atoms with Gasteiger partial charge in [0.15, 0.2) is 6.23 Å². The molecule has 2 heterocycles. The Bertz CT molecular complexity index is 797. The van der Waals surface area contributed by atoms with Crippen LogP contribution >= 0.6 is 15.6 Å². The first-order valence-corrected chi connectivity index (χ1v) is 9.39. The Labute approximate surface area is 133 Å². The molecule has 24 heavy (non-hydrogen) atoms. The van der Waals surface area contributed by atoms with Gasteiger partial charge in [0, 0.05) is 18.7 Å². The molecule has 2 rings (SSSR count). The lowest BCUT2D eigenvalue weighted by atomic mass is 10.2. The van der Waals surface area contributed by atoms with Gasteiger partial charge >= 0.3 is 21.3 Å². The molecule has 1 aliphatic rings. The van der Waals surface area contributed by atoms with Crippen molar-refractivity contribution in [1.29, 1.82) is 0 Å². The largest absolute Gasteiger partial charge is 0.481 e. The highest BCUT2D eigenvalue weighted by Gasteiger charge is 2.39. The molecule has 5 N–H and O–H groups in total. The van der Waals surface area contributed by atoms with Crippen LogP contribution in [0.3, 0.4) is 0 Å². The van der Waals surface area contributed by atoms with Crippen molar-refractivity contribution in [2.24, 2.45) is 0 Å². The van der Waals surface area contributed by atoms with Crippen molar-refractivity contribution >= 4 is 15.6 Å². The standard InChI is InChI=1S/C9H14N2O11P2/c12-6-3-5(4-20-24(18,19)22-23(15,16)17)21-8(6)11-2-1-7(13)10-9(11)14/h1-2,5-6,8,12H,3-4H2,(H,18,19)(H,10,13,14)(H2,15,16,17)/t5-,6?,8+/m1/s1. The molecule has 2 unspecified atom stereocenters. The first kappa shape index (κ1) is 19.2. The summed E-state index contributed by atoms with van der Waals surface area (Å²) in [6.07, 6.45) is -2.34. The first-order valence-electron chi connectivity index (χ1n) is 6.36. The van der Waals surface area contributed by atoms with E-state index in [1.165, 1.54) is 0 Å². The van der Waals surface area contributed by atoms with Gasteiger partial charge in [-0.15, -0.1) is 0 Å². The van der Waals surface area contributed by atoms with E-state index in [0.717, 1.165) is 16.8 Å². The van der Waals surface area contributed by atoms with Crippen LogP contribution in [0.1, 0.15) is 12.6 Å². The fourth-order valence-electron chi connectivity index (χ4n) is 2.05. The van der Waals surface area contributed by atoms with Crippen LogP contribution in [-0.2, 0) is 22.7 Å². The highest BCUT2D eigenvalue weighted by molar-refractivity contribution is 7.60. The Morgan fingerprint density at radius 2 is 2.00 bits per heavy atom. The van der Waals surface area contributed by atoms with Crippen molar-refractivity contribution in [3.63, 3.8) is 0 Å². The molecule has 136 valence electrons. The van der Waals surface area contributed by atoms with Crippen LogP contribution in [0.15, 0.2) is 21.9 Å². The number of nitrogens with one attached hydrogen (secondary N) is 1. The van der Waals surface area contributed by atoms with Gasteiger partial charge in [-0.2, -0.15) is 4.31 Å². The van der Waals surface area contributed by atoms with Crippen LogP contribution in [0.25, 0.3) is 0 Å². The third kappa shape index (κ3) is 5.18. The number of hydrogen-bond acceptors (Lipinski definition) is 8. The zero-order chi connectivity index (χ0) is 18.1. The predicted octanol–water partition coefficient (Wildman–Crippen LogP) is -1.59. The number of phosphoric acid groups is 2. The van der Waals surface area contributed by atoms with Crippen molar-refractivity contribution in [2.75, 3.05) is 6.61 Å². The van der Waals surface area contributed by atoms with Crippen molar-refractivity contribution in [1.82, 2.24) is 9.55 Å². The quantitative estimate of drug-likeness (QED) is 0.352. The minimum absolute atomic E-state index is 0.105. The van der Waals surface area contributed by atoms with Crippen LogP contribution < -0.4 is 11.2 Å². The molecule has 15 heteroatoms. The van der Waals surface area contributed by atoms with E-state index in [4.69, 9.17) is 19.4 Å². The van der Waals surface area contributed by atoms with Crippen LogP contribution in [0.2, 0.25) is 0 Å². The Balaban J connectivity index is 2.01.